The minimum Gasteiger partial charge on any atom is -0.465 e. The molecule has 2 N–H and O–H groups in total. The number of aromatic nitrogens is 2. The van der Waals surface area contributed by atoms with Gasteiger partial charge in [-0.2, -0.15) is 0 Å². The molecule has 1 aliphatic heterocycles. The third-order valence-electron chi connectivity index (χ3n) is 3.78. The number of nitrogens with one attached hydrogen (secondary N) is 1. The van der Waals surface area contributed by atoms with E-state index in [2.05, 4.69) is 10.3 Å². The summed E-state index contributed by atoms with van der Waals surface area (Å²) in [6.07, 6.45) is 1.74. The molecule has 1 fully saturated rings. The van der Waals surface area contributed by atoms with Crippen LogP contribution in [-0.2, 0) is 6.54 Å². The number of nitrogens with zero attached hydrogens (tertiary/aromatic N) is 4. The molecule has 11 heteroatoms. The van der Waals surface area contributed by atoms with Gasteiger partial charge in [-0.15, -0.1) is 24.8 Å². The summed E-state index contributed by atoms with van der Waals surface area (Å²) in [4.78, 5) is 27.1. The molecule has 132 valence electrons. The van der Waals surface area contributed by atoms with Gasteiger partial charge in [0.15, 0.2) is 5.82 Å². The van der Waals surface area contributed by atoms with E-state index >= 15 is 0 Å². The van der Waals surface area contributed by atoms with Gasteiger partial charge in [-0.05, 0) is 30.9 Å². The van der Waals surface area contributed by atoms with E-state index in [1.807, 2.05) is 0 Å². The molecule has 1 saturated heterocycles. The number of amides is 1. The summed E-state index contributed by atoms with van der Waals surface area (Å²) in [7, 11) is 0. The van der Waals surface area contributed by atoms with Crippen LogP contribution >= 0.6 is 24.8 Å². The zero-order valence-electron chi connectivity index (χ0n) is 12.7. The van der Waals surface area contributed by atoms with Crippen molar-refractivity contribution in [2.24, 2.45) is 0 Å². The third-order valence-corrected chi connectivity index (χ3v) is 3.78. The summed E-state index contributed by atoms with van der Waals surface area (Å²) in [5, 5.41) is 23.5. The standard InChI is InChI=1S/C12H19N5O4.2ClH/c1-9-14-8-11(17(20)21)15(9)6-7-16(12(18)19)10-2-4-13-5-3-10;;/h8,10,13H,2-7H2,1H3,(H,18,19);2*1H. The first kappa shape index (κ1) is 21.4. The van der Waals surface area contributed by atoms with Crippen LogP contribution in [0.4, 0.5) is 10.6 Å². The molecule has 0 spiro atoms. The van der Waals surface area contributed by atoms with Gasteiger partial charge in [-0.1, -0.05) is 0 Å². The highest BCUT2D eigenvalue weighted by Gasteiger charge is 2.26. The van der Waals surface area contributed by atoms with Crippen molar-refractivity contribution in [2.75, 3.05) is 19.6 Å². The SMILES string of the molecule is Cc1ncc([N+](=O)[O-])n1CCN(C(=O)O)C1CCNCC1.Cl.Cl. The van der Waals surface area contributed by atoms with E-state index in [4.69, 9.17) is 0 Å². The molecule has 0 bridgehead atoms. The second-order valence-electron chi connectivity index (χ2n) is 5.03. The highest BCUT2D eigenvalue weighted by Crippen LogP contribution is 2.16. The Morgan fingerprint density at radius 3 is 2.65 bits per heavy atom. The second kappa shape index (κ2) is 9.53. The highest BCUT2D eigenvalue weighted by molar-refractivity contribution is 5.85. The molecule has 2 rings (SSSR count). The van der Waals surface area contributed by atoms with Crippen molar-refractivity contribution in [3.05, 3.63) is 22.1 Å². The average Bonchev–Trinajstić information content (AvgIpc) is 2.81. The molecule has 0 unspecified atom stereocenters. The van der Waals surface area contributed by atoms with Gasteiger partial charge in [0, 0.05) is 13.0 Å². The predicted molar refractivity (Wildman–Crippen MR) is 88.7 cm³/mol. The first-order chi connectivity index (χ1) is 10.0. The van der Waals surface area contributed by atoms with Gasteiger partial charge >= 0.3 is 11.9 Å². The quantitative estimate of drug-likeness (QED) is 0.602. The number of rotatable bonds is 5. The van der Waals surface area contributed by atoms with E-state index in [9.17, 15) is 20.0 Å². The van der Waals surface area contributed by atoms with Gasteiger partial charge in [0.2, 0.25) is 0 Å². The van der Waals surface area contributed by atoms with Gasteiger partial charge in [0.1, 0.15) is 12.7 Å². The summed E-state index contributed by atoms with van der Waals surface area (Å²) in [5.41, 5.74) is 0. The van der Waals surface area contributed by atoms with E-state index in [-0.39, 0.29) is 49.8 Å². The topological polar surface area (TPSA) is 114 Å². The molecule has 23 heavy (non-hydrogen) atoms. The van der Waals surface area contributed by atoms with Crippen molar-refractivity contribution in [1.29, 1.82) is 0 Å². The Bertz CT molecular complexity index is 534. The number of carbonyl (C=O) groups is 1. The van der Waals surface area contributed by atoms with Gasteiger partial charge in [-0.3, -0.25) is 0 Å². The normalized spacial score (nSPS) is 14.5. The summed E-state index contributed by atoms with van der Waals surface area (Å²) in [6.45, 7) is 3.70. The van der Waals surface area contributed by atoms with Crippen LogP contribution in [0.25, 0.3) is 0 Å². The van der Waals surface area contributed by atoms with Crippen LogP contribution in [0.5, 0.6) is 0 Å². The largest absolute Gasteiger partial charge is 0.465 e. The van der Waals surface area contributed by atoms with E-state index in [1.165, 1.54) is 15.7 Å². The molecular weight excluding hydrogens is 349 g/mol. The smallest absolute Gasteiger partial charge is 0.407 e. The molecule has 1 aromatic rings. The molecule has 1 amide bonds. The lowest BCUT2D eigenvalue weighted by molar-refractivity contribution is -0.392. The van der Waals surface area contributed by atoms with E-state index in [1.54, 1.807) is 6.92 Å². The molecule has 1 aliphatic rings. The number of nitro groups is 1. The molecule has 0 radical (unpaired) electrons. The zero-order valence-corrected chi connectivity index (χ0v) is 14.3. The highest BCUT2D eigenvalue weighted by atomic mass is 35.5. The van der Waals surface area contributed by atoms with Crippen molar-refractivity contribution in [1.82, 2.24) is 19.8 Å². The summed E-state index contributed by atoms with van der Waals surface area (Å²) >= 11 is 0. The number of hydrogen-bond donors (Lipinski definition) is 2. The monoisotopic (exact) mass is 369 g/mol. The molecule has 0 atom stereocenters. The van der Waals surface area contributed by atoms with Crippen LogP contribution in [0, 0.1) is 17.0 Å². The summed E-state index contributed by atoms with van der Waals surface area (Å²) < 4.78 is 1.44. The number of imidazole rings is 1. The van der Waals surface area contributed by atoms with Crippen LogP contribution in [0.2, 0.25) is 0 Å². The molecule has 2 heterocycles. The van der Waals surface area contributed by atoms with Crippen molar-refractivity contribution >= 4 is 36.7 Å². The van der Waals surface area contributed by atoms with Crippen molar-refractivity contribution in [3.8, 4) is 0 Å². The average molecular weight is 370 g/mol. The Labute approximate surface area is 146 Å². The summed E-state index contributed by atoms with van der Waals surface area (Å²) in [6, 6.07) is -0.0355. The first-order valence-corrected chi connectivity index (χ1v) is 6.87. The fraction of sp³-hybridized carbons (Fsp3) is 0.667. The maximum Gasteiger partial charge on any atom is 0.407 e. The first-order valence-electron chi connectivity index (χ1n) is 6.87. The lowest BCUT2D eigenvalue weighted by Gasteiger charge is -2.32. The van der Waals surface area contributed by atoms with E-state index in [0.717, 1.165) is 25.9 Å². The number of halogens is 2. The lowest BCUT2D eigenvalue weighted by Crippen LogP contribution is -2.46. The minimum absolute atomic E-state index is 0. The van der Waals surface area contributed by atoms with Gasteiger partial charge in [-0.25, -0.2) is 14.3 Å². The maximum atomic E-state index is 11.4. The molecule has 1 aromatic heterocycles. The van der Waals surface area contributed by atoms with Gasteiger partial charge < -0.3 is 25.4 Å². The van der Waals surface area contributed by atoms with Crippen LogP contribution < -0.4 is 5.32 Å². The number of hydrogen-bond acceptors (Lipinski definition) is 5. The van der Waals surface area contributed by atoms with Crippen LogP contribution in [0.3, 0.4) is 0 Å². The fourth-order valence-corrected chi connectivity index (χ4v) is 2.64. The molecular formula is C12H21Cl2N5O4. The summed E-state index contributed by atoms with van der Waals surface area (Å²) in [5.74, 6) is 0.403. The second-order valence-corrected chi connectivity index (χ2v) is 5.03. The third kappa shape index (κ3) is 5.22. The van der Waals surface area contributed by atoms with Gasteiger partial charge in [0.25, 0.3) is 0 Å². The molecule has 0 saturated carbocycles. The molecule has 0 aromatic carbocycles. The van der Waals surface area contributed by atoms with Crippen LogP contribution in [0.15, 0.2) is 6.20 Å². The Hall–Kier alpha value is -1.58. The fourth-order valence-electron chi connectivity index (χ4n) is 2.64. The minimum atomic E-state index is -0.984. The Morgan fingerprint density at radius 2 is 2.13 bits per heavy atom. The van der Waals surface area contributed by atoms with Crippen LogP contribution in [0.1, 0.15) is 18.7 Å². The number of aryl methyl sites for hydroxylation is 1. The molecule has 9 nitrogen and oxygen atoms in total. The number of piperidine rings is 1. The van der Waals surface area contributed by atoms with E-state index < -0.39 is 11.0 Å². The van der Waals surface area contributed by atoms with Crippen molar-refractivity contribution < 1.29 is 14.8 Å². The maximum absolute atomic E-state index is 11.4. The number of carboxylic acid groups (broad SMARTS) is 1. The zero-order chi connectivity index (χ0) is 15.4. The van der Waals surface area contributed by atoms with Crippen LogP contribution in [-0.4, -0.2) is 56.3 Å². The Morgan fingerprint density at radius 1 is 1.52 bits per heavy atom. The van der Waals surface area contributed by atoms with Gasteiger partial charge in [0.05, 0.1) is 6.54 Å². The van der Waals surface area contributed by atoms with Crippen molar-refractivity contribution in [2.45, 2.75) is 32.4 Å². The molecule has 0 aliphatic carbocycles. The predicted octanol–water partition coefficient (Wildman–Crippen LogP) is 1.68. The Balaban J connectivity index is 0.00000242. The Kier molecular flexibility index (Phi) is 8.88. The van der Waals surface area contributed by atoms with E-state index in [0.29, 0.717) is 5.82 Å². The lowest BCUT2D eigenvalue weighted by atomic mass is 10.1. The van der Waals surface area contributed by atoms with Crippen molar-refractivity contribution in [3.63, 3.8) is 0 Å².